The Labute approximate surface area is 202 Å². The third-order valence-corrected chi connectivity index (χ3v) is 38.9. The molecule has 0 radical (unpaired) electrons. The molecule has 1 aliphatic heterocycles. The molecule has 0 saturated carbocycles. The first-order chi connectivity index (χ1) is 13.6. The summed E-state index contributed by atoms with van der Waals surface area (Å²) in [4.78, 5) is 0. The van der Waals surface area contributed by atoms with Crippen molar-refractivity contribution < 1.29 is 44.9 Å². The Morgan fingerprint density at radius 2 is 1.13 bits per heavy atom. The summed E-state index contributed by atoms with van der Waals surface area (Å²) in [5.74, 6) is 0. The van der Waals surface area contributed by atoms with Crippen molar-refractivity contribution in [1.29, 1.82) is 0 Å². The number of aryl methyl sites for hydroxylation is 2. The zero-order chi connectivity index (χ0) is 19.4. The first-order valence-electron chi connectivity index (χ1n) is 10.8. The number of hydrogen-bond acceptors (Lipinski definition) is 0. The van der Waals surface area contributed by atoms with E-state index in [2.05, 4.69) is 76.2 Å². The summed E-state index contributed by atoms with van der Waals surface area (Å²) >= 11 is -2.04. The van der Waals surface area contributed by atoms with Gasteiger partial charge < -0.3 is 24.8 Å². The van der Waals surface area contributed by atoms with Crippen molar-refractivity contribution in [3.63, 3.8) is 0 Å². The second kappa shape index (κ2) is 9.61. The molecule has 5 rings (SSSR count). The van der Waals surface area contributed by atoms with Gasteiger partial charge in [-0.3, -0.25) is 0 Å². The minimum Gasteiger partial charge on any atom is -1.00 e. The number of benzene rings is 2. The molecule has 0 bridgehead atoms. The molecule has 2 atom stereocenters. The number of rotatable bonds is 2. The van der Waals surface area contributed by atoms with Crippen LogP contribution in [0.2, 0.25) is 12.1 Å². The fraction of sp³-hybridized carbons (Fsp3) is 0.385. The SMILES string of the molecule is CC1=Cc2c(C)cccc2[CH]1[Hf+2]([CH]1C(C)=Cc2c(C)cccc21)=[Si]1CCCC1.[Cl-].[Cl-]. The van der Waals surface area contributed by atoms with Crippen molar-refractivity contribution in [1.82, 2.24) is 0 Å². The Hall–Kier alpha value is -0.413. The molecule has 30 heavy (non-hydrogen) atoms. The number of allylic oxidation sites excluding steroid dienone is 2. The van der Waals surface area contributed by atoms with Crippen molar-refractivity contribution in [2.24, 2.45) is 0 Å². The first kappa shape index (κ1) is 24.2. The van der Waals surface area contributed by atoms with Gasteiger partial charge in [-0.2, -0.15) is 0 Å². The van der Waals surface area contributed by atoms with E-state index in [1.807, 2.05) is 0 Å². The van der Waals surface area contributed by atoms with Crippen LogP contribution in [0, 0.1) is 13.8 Å². The molecule has 2 aromatic carbocycles. The molecule has 2 aromatic rings. The Bertz CT molecular complexity index is 997. The van der Waals surface area contributed by atoms with E-state index in [1.165, 1.54) is 24.0 Å². The topological polar surface area (TPSA) is 0 Å². The standard InChI is InChI=1S/2C11H11.C4H8Si.2ClH.Hf/c2*1-8-6-10-5-3-4-9(2)11(10)7-8;1-2-4-5-3-1;;;/h2*3-7H,1-2H3;1-4H2;2*1H;/q;;;;;+2/p-2. The van der Waals surface area contributed by atoms with Gasteiger partial charge >= 0.3 is 179 Å². The summed E-state index contributed by atoms with van der Waals surface area (Å²) in [7, 11) is 0. The zero-order valence-electron chi connectivity index (χ0n) is 18.4. The molecular formula is C26H30Cl2HfSi. The van der Waals surface area contributed by atoms with Gasteiger partial charge in [0.2, 0.25) is 0 Å². The second-order valence-corrected chi connectivity index (χ2v) is 31.0. The van der Waals surface area contributed by atoms with Crippen LogP contribution in [-0.2, 0) is 20.1 Å². The van der Waals surface area contributed by atoms with Crippen molar-refractivity contribution in [2.45, 2.75) is 60.0 Å². The minimum absolute atomic E-state index is 0. The van der Waals surface area contributed by atoms with E-state index in [1.54, 1.807) is 45.5 Å². The summed E-state index contributed by atoms with van der Waals surface area (Å²) in [6, 6.07) is 17.4. The normalized spacial score (nSPS) is 21.0. The Morgan fingerprint density at radius 1 is 0.700 bits per heavy atom. The molecule has 1 saturated heterocycles. The van der Waals surface area contributed by atoms with Gasteiger partial charge in [-0.15, -0.1) is 0 Å². The predicted molar refractivity (Wildman–Crippen MR) is 120 cm³/mol. The third kappa shape index (κ3) is 3.91. The van der Waals surface area contributed by atoms with E-state index in [9.17, 15) is 0 Å². The van der Waals surface area contributed by atoms with E-state index < -0.39 is 20.1 Å². The van der Waals surface area contributed by atoms with Crippen molar-refractivity contribution in [3.05, 3.63) is 80.9 Å². The number of fused-ring (bicyclic) bond motifs is 2. The van der Waals surface area contributed by atoms with Crippen LogP contribution in [0.25, 0.3) is 12.2 Å². The van der Waals surface area contributed by atoms with Gasteiger partial charge in [0.05, 0.1) is 0 Å². The average molecular weight is 620 g/mol. The van der Waals surface area contributed by atoms with Gasteiger partial charge in [0.25, 0.3) is 0 Å². The molecule has 0 nitrogen and oxygen atoms in total. The molecule has 0 aromatic heterocycles. The van der Waals surface area contributed by atoms with E-state index >= 15 is 0 Å². The minimum atomic E-state index is -2.04. The Balaban J connectivity index is 0.00000128. The van der Waals surface area contributed by atoms with Crippen LogP contribution in [-0.4, -0.2) is 5.49 Å². The van der Waals surface area contributed by atoms with Crippen molar-refractivity contribution in [3.8, 4) is 0 Å². The van der Waals surface area contributed by atoms with E-state index in [0.717, 1.165) is 7.35 Å². The van der Waals surface area contributed by atoms with Crippen LogP contribution in [0.5, 0.6) is 0 Å². The fourth-order valence-corrected chi connectivity index (χ4v) is 43.5. The maximum Gasteiger partial charge on any atom is -1.00 e. The van der Waals surface area contributed by atoms with E-state index in [-0.39, 0.29) is 30.3 Å². The van der Waals surface area contributed by atoms with Gasteiger partial charge in [-0.25, -0.2) is 0 Å². The van der Waals surface area contributed by atoms with Crippen molar-refractivity contribution in [2.75, 3.05) is 0 Å². The molecule has 156 valence electrons. The van der Waals surface area contributed by atoms with Crippen molar-refractivity contribution >= 4 is 17.6 Å². The molecule has 0 amide bonds. The predicted octanol–water partition coefficient (Wildman–Crippen LogP) is 1.33. The van der Waals surface area contributed by atoms with Crippen LogP contribution in [0.15, 0.2) is 47.5 Å². The van der Waals surface area contributed by atoms with Gasteiger partial charge in [-0.05, 0) is 0 Å². The maximum absolute atomic E-state index is 2.56. The molecule has 1 heterocycles. The largest absolute Gasteiger partial charge is 1.00 e. The van der Waals surface area contributed by atoms with E-state index in [4.69, 9.17) is 0 Å². The summed E-state index contributed by atoms with van der Waals surface area (Å²) in [6.45, 7) is 9.52. The van der Waals surface area contributed by atoms with Gasteiger partial charge in [0.1, 0.15) is 0 Å². The molecule has 3 aliphatic rings. The average Bonchev–Trinajstić information content (AvgIpc) is 3.37. The van der Waals surface area contributed by atoms with Crippen LogP contribution >= 0.6 is 0 Å². The molecule has 1 fully saturated rings. The monoisotopic (exact) mass is 620 g/mol. The zero-order valence-corrected chi connectivity index (χ0v) is 24.5. The van der Waals surface area contributed by atoms with Gasteiger partial charge in [0.15, 0.2) is 0 Å². The summed E-state index contributed by atoms with van der Waals surface area (Å²) in [5.41, 5.74) is 12.7. The van der Waals surface area contributed by atoms with Crippen LogP contribution < -0.4 is 24.8 Å². The Kier molecular flexibility index (Phi) is 7.76. The van der Waals surface area contributed by atoms with Crippen LogP contribution in [0.4, 0.5) is 0 Å². The molecule has 2 unspecified atom stereocenters. The smallest absolute Gasteiger partial charge is 1.00 e. The van der Waals surface area contributed by atoms with E-state index in [0.29, 0.717) is 0 Å². The molecule has 0 spiro atoms. The maximum atomic E-state index is 2.56. The summed E-state index contributed by atoms with van der Waals surface area (Å²) in [5, 5.41) is 0. The van der Waals surface area contributed by atoms with Crippen LogP contribution in [0.1, 0.15) is 67.4 Å². The van der Waals surface area contributed by atoms with Crippen LogP contribution in [0.3, 0.4) is 0 Å². The Morgan fingerprint density at radius 3 is 1.57 bits per heavy atom. The molecule has 0 N–H and O–H groups in total. The quantitative estimate of drug-likeness (QED) is 0.446. The second-order valence-electron chi connectivity index (χ2n) is 9.06. The first-order valence-corrected chi connectivity index (χ1v) is 22.3. The number of halogens is 2. The number of hydrogen-bond donors (Lipinski definition) is 0. The third-order valence-electron chi connectivity index (χ3n) is 7.23. The molecule has 2 aliphatic carbocycles. The van der Waals surface area contributed by atoms with Gasteiger partial charge in [0, 0.05) is 0 Å². The molecular weight excluding hydrogens is 590 g/mol. The molecule has 4 heteroatoms. The summed E-state index contributed by atoms with van der Waals surface area (Å²) < 4.78 is 1.65. The summed E-state index contributed by atoms with van der Waals surface area (Å²) in [6.07, 6.45) is 8.13. The fourth-order valence-electron chi connectivity index (χ4n) is 5.91. The van der Waals surface area contributed by atoms with Gasteiger partial charge in [-0.1, -0.05) is 0 Å².